The Balaban J connectivity index is 2.28. The van der Waals surface area contributed by atoms with Crippen LogP contribution in [0.4, 0.5) is 14.5 Å². The summed E-state index contributed by atoms with van der Waals surface area (Å²) in [5.74, 6) is -0.490. The van der Waals surface area contributed by atoms with E-state index < -0.39 is 17.7 Å². The minimum absolute atomic E-state index is 0.0217. The van der Waals surface area contributed by atoms with Crippen LogP contribution < -0.4 is 10.1 Å². The summed E-state index contributed by atoms with van der Waals surface area (Å²) >= 11 is 0. The third-order valence-electron chi connectivity index (χ3n) is 2.91. The molecule has 2 nitrogen and oxygen atoms in total. The lowest BCUT2D eigenvalue weighted by atomic mass is 10.1. The molecule has 4 heteroatoms. The molecule has 0 heterocycles. The van der Waals surface area contributed by atoms with Gasteiger partial charge in [0, 0.05) is 5.56 Å². The van der Waals surface area contributed by atoms with Crippen molar-refractivity contribution in [3.63, 3.8) is 0 Å². The maximum Gasteiger partial charge on any atom is 0.141 e. The second-order valence-corrected chi connectivity index (χ2v) is 4.20. The van der Waals surface area contributed by atoms with Crippen LogP contribution in [0.15, 0.2) is 42.5 Å². The maximum atomic E-state index is 13.7. The van der Waals surface area contributed by atoms with Crippen molar-refractivity contribution in [2.75, 3.05) is 12.4 Å². The van der Waals surface area contributed by atoms with E-state index in [1.165, 1.54) is 18.2 Å². The number of hydrogen-bond donors (Lipinski definition) is 1. The van der Waals surface area contributed by atoms with Crippen molar-refractivity contribution >= 4 is 5.69 Å². The number of ether oxygens (including phenoxy) is 1. The van der Waals surface area contributed by atoms with Gasteiger partial charge >= 0.3 is 0 Å². The van der Waals surface area contributed by atoms with Crippen LogP contribution in [0.25, 0.3) is 0 Å². The van der Waals surface area contributed by atoms with E-state index in [9.17, 15) is 8.78 Å². The van der Waals surface area contributed by atoms with Gasteiger partial charge in [0.05, 0.1) is 18.8 Å². The lowest BCUT2D eigenvalue weighted by Gasteiger charge is -2.18. The van der Waals surface area contributed by atoms with Gasteiger partial charge in [-0.2, -0.15) is 0 Å². The van der Waals surface area contributed by atoms with Crippen LogP contribution in [0.2, 0.25) is 0 Å². The van der Waals surface area contributed by atoms with Gasteiger partial charge in [-0.15, -0.1) is 0 Å². The van der Waals surface area contributed by atoms with Crippen LogP contribution >= 0.6 is 0 Å². The second-order valence-electron chi connectivity index (χ2n) is 4.20. The van der Waals surface area contributed by atoms with E-state index in [0.29, 0.717) is 11.4 Å². The largest absolute Gasteiger partial charge is 0.495 e. The van der Waals surface area contributed by atoms with Crippen molar-refractivity contribution in [2.24, 2.45) is 0 Å². The zero-order chi connectivity index (χ0) is 13.8. The van der Waals surface area contributed by atoms with Gasteiger partial charge in [0.25, 0.3) is 0 Å². The van der Waals surface area contributed by atoms with Gasteiger partial charge < -0.3 is 10.1 Å². The smallest absolute Gasteiger partial charge is 0.141 e. The van der Waals surface area contributed by atoms with Gasteiger partial charge in [0.15, 0.2) is 0 Å². The summed E-state index contributed by atoms with van der Waals surface area (Å²) in [5.41, 5.74) is 0.716. The van der Waals surface area contributed by atoms with Crippen LogP contribution in [0, 0.1) is 11.6 Å². The molecule has 0 aliphatic rings. The van der Waals surface area contributed by atoms with Crippen molar-refractivity contribution in [2.45, 2.75) is 13.0 Å². The van der Waals surface area contributed by atoms with Crippen LogP contribution in [0.5, 0.6) is 5.75 Å². The molecule has 0 saturated carbocycles. The summed E-state index contributed by atoms with van der Waals surface area (Å²) in [4.78, 5) is 0. The molecule has 0 fully saturated rings. The molecule has 1 atom stereocenters. The third-order valence-corrected chi connectivity index (χ3v) is 2.91. The molecule has 0 spiro atoms. The predicted octanol–water partition coefficient (Wildman–Crippen LogP) is 4.15. The van der Waals surface area contributed by atoms with Crippen molar-refractivity contribution in [1.82, 2.24) is 0 Å². The molecule has 2 aromatic rings. The molecule has 0 amide bonds. The van der Waals surface area contributed by atoms with E-state index in [0.717, 1.165) is 0 Å². The minimum atomic E-state index is -0.560. The Labute approximate surface area is 111 Å². The Morgan fingerprint density at radius 2 is 1.63 bits per heavy atom. The second kappa shape index (κ2) is 5.69. The molecule has 0 aliphatic carbocycles. The Bertz CT molecular complexity index is 552. The van der Waals surface area contributed by atoms with E-state index in [4.69, 9.17) is 4.74 Å². The first-order chi connectivity index (χ1) is 9.13. The van der Waals surface area contributed by atoms with Gasteiger partial charge in [0.1, 0.15) is 17.4 Å². The number of rotatable bonds is 4. The maximum absolute atomic E-state index is 13.7. The van der Waals surface area contributed by atoms with Gasteiger partial charge in [-0.05, 0) is 31.2 Å². The molecule has 0 bridgehead atoms. The Hall–Kier alpha value is -2.10. The van der Waals surface area contributed by atoms with Crippen molar-refractivity contribution in [3.05, 3.63) is 59.7 Å². The topological polar surface area (TPSA) is 21.3 Å². The summed E-state index contributed by atoms with van der Waals surface area (Å²) in [5, 5.41) is 3.05. The van der Waals surface area contributed by atoms with Crippen molar-refractivity contribution < 1.29 is 13.5 Å². The van der Waals surface area contributed by atoms with E-state index in [1.54, 1.807) is 26.2 Å². The first kappa shape index (κ1) is 13.3. The average Bonchev–Trinajstić information content (AvgIpc) is 2.39. The molecule has 1 N–H and O–H groups in total. The van der Waals surface area contributed by atoms with E-state index in [1.807, 2.05) is 12.1 Å². The molecule has 0 aromatic heterocycles. The average molecular weight is 263 g/mol. The third kappa shape index (κ3) is 2.84. The quantitative estimate of drug-likeness (QED) is 0.894. The monoisotopic (exact) mass is 263 g/mol. The fraction of sp³-hybridized carbons (Fsp3) is 0.200. The molecule has 19 heavy (non-hydrogen) atoms. The number of nitrogens with one attached hydrogen (secondary N) is 1. The summed E-state index contributed by atoms with van der Waals surface area (Å²) in [6, 6.07) is 10.6. The molecule has 2 aromatic carbocycles. The van der Waals surface area contributed by atoms with Crippen LogP contribution in [-0.2, 0) is 0 Å². The fourth-order valence-electron chi connectivity index (χ4n) is 1.99. The predicted molar refractivity (Wildman–Crippen MR) is 71.4 cm³/mol. The van der Waals surface area contributed by atoms with Gasteiger partial charge in [0.2, 0.25) is 0 Å². The van der Waals surface area contributed by atoms with Gasteiger partial charge in [-0.1, -0.05) is 18.2 Å². The normalized spacial score (nSPS) is 12.0. The van der Waals surface area contributed by atoms with E-state index in [-0.39, 0.29) is 5.56 Å². The Kier molecular flexibility index (Phi) is 4.00. The van der Waals surface area contributed by atoms with Gasteiger partial charge in [-0.3, -0.25) is 0 Å². The fourth-order valence-corrected chi connectivity index (χ4v) is 1.99. The highest BCUT2D eigenvalue weighted by molar-refractivity contribution is 5.57. The summed E-state index contributed by atoms with van der Waals surface area (Å²) in [6.07, 6.45) is 0. The lowest BCUT2D eigenvalue weighted by Crippen LogP contribution is -2.11. The summed E-state index contributed by atoms with van der Waals surface area (Å²) in [6.45, 7) is 1.70. The molecule has 2 rings (SSSR count). The Morgan fingerprint density at radius 1 is 1.00 bits per heavy atom. The van der Waals surface area contributed by atoms with Crippen molar-refractivity contribution in [3.8, 4) is 5.75 Å². The number of methoxy groups -OCH3 is 1. The standard InChI is InChI=1S/C15H15F2NO/c1-10(15-11(16)6-5-7-12(15)17)18-13-8-3-4-9-14(13)19-2/h3-10,18H,1-2H3/t10-/m1/s1. The van der Waals surface area contributed by atoms with E-state index >= 15 is 0 Å². The highest BCUT2D eigenvalue weighted by atomic mass is 19.1. The number of para-hydroxylation sites is 2. The zero-order valence-corrected chi connectivity index (χ0v) is 10.8. The zero-order valence-electron chi connectivity index (χ0n) is 10.8. The molecular formula is C15H15F2NO. The molecule has 0 unspecified atom stereocenters. The van der Waals surface area contributed by atoms with Crippen LogP contribution in [0.3, 0.4) is 0 Å². The van der Waals surface area contributed by atoms with Crippen LogP contribution in [0.1, 0.15) is 18.5 Å². The first-order valence-electron chi connectivity index (χ1n) is 5.97. The van der Waals surface area contributed by atoms with Crippen LogP contribution in [-0.4, -0.2) is 7.11 Å². The highest BCUT2D eigenvalue weighted by Gasteiger charge is 2.16. The minimum Gasteiger partial charge on any atom is -0.495 e. The molecule has 0 saturated heterocycles. The van der Waals surface area contributed by atoms with Crippen molar-refractivity contribution in [1.29, 1.82) is 0 Å². The van der Waals surface area contributed by atoms with E-state index in [2.05, 4.69) is 5.32 Å². The number of anilines is 1. The number of halogens is 2. The summed E-state index contributed by atoms with van der Waals surface area (Å²) in [7, 11) is 1.55. The molecule has 0 radical (unpaired) electrons. The number of hydrogen-bond acceptors (Lipinski definition) is 2. The molecule has 100 valence electrons. The summed E-state index contributed by atoms with van der Waals surface area (Å²) < 4.78 is 32.5. The lowest BCUT2D eigenvalue weighted by molar-refractivity contribution is 0.416. The highest BCUT2D eigenvalue weighted by Crippen LogP contribution is 2.29. The first-order valence-corrected chi connectivity index (χ1v) is 5.97. The number of benzene rings is 2. The molecular weight excluding hydrogens is 248 g/mol. The SMILES string of the molecule is COc1ccccc1N[C@H](C)c1c(F)cccc1F. The Morgan fingerprint density at radius 3 is 2.26 bits per heavy atom. The van der Waals surface area contributed by atoms with Gasteiger partial charge in [-0.25, -0.2) is 8.78 Å². The molecule has 0 aliphatic heterocycles.